The number of rotatable bonds is 3. The molecule has 0 aromatic heterocycles. The average Bonchev–Trinajstić information content (AvgIpc) is 2.42. The molecule has 0 saturated carbocycles. The lowest BCUT2D eigenvalue weighted by molar-refractivity contribution is 0.102. The molecule has 0 bridgehead atoms. The monoisotopic (exact) mass is 353 g/mol. The molecule has 1 amide bonds. The van der Waals surface area contributed by atoms with E-state index in [0.717, 1.165) is 15.7 Å². The first kappa shape index (κ1) is 14.8. The first-order valence-electron chi connectivity index (χ1n) is 5.85. The fourth-order valence-electron chi connectivity index (χ4n) is 1.75. The van der Waals surface area contributed by atoms with E-state index in [2.05, 4.69) is 26.7 Å². The van der Waals surface area contributed by atoms with Gasteiger partial charge in [-0.15, -0.1) is 0 Å². The first-order valence-corrected chi connectivity index (χ1v) is 7.02. The molecule has 0 atom stereocenters. The Bertz CT molecular complexity index is 661. The second-order valence-corrected chi connectivity index (χ2v) is 5.60. The van der Waals surface area contributed by atoms with E-state index in [1.54, 1.807) is 18.2 Å². The van der Waals surface area contributed by atoms with E-state index in [0.29, 0.717) is 16.3 Å². The smallest absolute Gasteiger partial charge is 0.257 e. The summed E-state index contributed by atoms with van der Waals surface area (Å²) < 4.78 is 0.890. The molecule has 0 aliphatic carbocycles. The van der Waals surface area contributed by atoms with Crippen LogP contribution in [-0.4, -0.2) is 5.91 Å². The van der Waals surface area contributed by atoms with Crippen molar-refractivity contribution in [1.29, 1.82) is 0 Å². The Morgan fingerprint density at radius 1 is 1.20 bits per heavy atom. The third-order valence-corrected chi connectivity index (χ3v) is 3.56. The van der Waals surface area contributed by atoms with Crippen LogP contribution in [0.15, 0.2) is 40.9 Å². The highest BCUT2D eigenvalue weighted by molar-refractivity contribution is 9.10. The minimum absolute atomic E-state index is 0.276. The number of halogens is 2. The van der Waals surface area contributed by atoms with Crippen molar-refractivity contribution in [2.24, 2.45) is 5.84 Å². The van der Waals surface area contributed by atoms with Crippen LogP contribution in [-0.2, 0) is 0 Å². The van der Waals surface area contributed by atoms with Crippen LogP contribution in [0.2, 0.25) is 5.02 Å². The highest BCUT2D eigenvalue weighted by atomic mass is 79.9. The lowest BCUT2D eigenvalue weighted by Gasteiger charge is -2.12. The molecule has 2 aromatic carbocycles. The van der Waals surface area contributed by atoms with E-state index in [-0.39, 0.29) is 5.91 Å². The van der Waals surface area contributed by atoms with Crippen LogP contribution in [0.25, 0.3) is 0 Å². The number of amides is 1. The summed E-state index contributed by atoms with van der Waals surface area (Å²) in [6.07, 6.45) is 0. The van der Waals surface area contributed by atoms with Gasteiger partial charge in [-0.05, 0) is 42.8 Å². The van der Waals surface area contributed by atoms with Gasteiger partial charge in [0.15, 0.2) is 0 Å². The van der Waals surface area contributed by atoms with E-state index in [4.69, 9.17) is 17.4 Å². The Balaban J connectivity index is 2.32. The van der Waals surface area contributed by atoms with Crippen LogP contribution in [0.4, 0.5) is 11.4 Å². The summed E-state index contributed by atoms with van der Waals surface area (Å²) in [6.45, 7) is 1.92. The largest absolute Gasteiger partial charge is 0.323 e. The Morgan fingerprint density at radius 2 is 1.95 bits per heavy atom. The van der Waals surface area contributed by atoms with Crippen LogP contribution < -0.4 is 16.6 Å². The second kappa shape index (κ2) is 6.26. The van der Waals surface area contributed by atoms with Gasteiger partial charge in [0.1, 0.15) is 0 Å². The first-order chi connectivity index (χ1) is 9.51. The Labute approximate surface area is 130 Å². The van der Waals surface area contributed by atoms with Crippen LogP contribution in [0.1, 0.15) is 15.9 Å². The van der Waals surface area contributed by atoms with E-state index < -0.39 is 0 Å². The lowest BCUT2D eigenvalue weighted by atomic mass is 10.1. The molecule has 104 valence electrons. The summed E-state index contributed by atoms with van der Waals surface area (Å²) in [5.74, 6) is 5.13. The van der Waals surface area contributed by atoms with Crippen LogP contribution >= 0.6 is 27.5 Å². The van der Waals surface area contributed by atoms with Gasteiger partial charge in [-0.25, -0.2) is 0 Å². The summed E-state index contributed by atoms with van der Waals surface area (Å²) in [4.78, 5) is 12.3. The van der Waals surface area contributed by atoms with Gasteiger partial charge in [0.25, 0.3) is 5.91 Å². The fourth-order valence-corrected chi connectivity index (χ4v) is 2.28. The number of hydrazine groups is 1. The summed E-state index contributed by atoms with van der Waals surface area (Å²) in [5, 5.41) is 3.32. The number of hydrogen-bond acceptors (Lipinski definition) is 3. The molecule has 0 unspecified atom stereocenters. The Morgan fingerprint density at radius 3 is 2.65 bits per heavy atom. The predicted octanol–water partition coefficient (Wildman–Crippen LogP) is 3.95. The zero-order valence-corrected chi connectivity index (χ0v) is 13.0. The van der Waals surface area contributed by atoms with E-state index in [1.807, 2.05) is 25.1 Å². The molecular formula is C14H13BrClN3O. The van der Waals surface area contributed by atoms with Gasteiger partial charge in [-0.1, -0.05) is 33.6 Å². The van der Waals surface area contributed by atoms with Crippen LogP contribution in [0, 0.1) is 6.92 Å². The summed E-state index contributed by atoms with van der Waals surface area (Å²) in [6, 6.07) is 10.6. The van der Waals surface area contributed by atoms with Crippen molar-refractivity contribution < 1.29 is 4.79 Å². The van der Waals surface area contributed by atoms with Crippen molar-refractivity contribution in [2.75, 3.05) is 10.7 Å². The maximum atomic E-state index is 12.3. The molecule has 0 saturated heterocycles. The molecule has 0 spiro atoms. The number of nitrogen functional groups attached to an aromatic ring is 1. The van der Waals surface area contributed by atoms with Crippen LogP contribution in [0.3, 0.4) is 0 Å². The number of carbonyl (C=O) groups excluding carboxylic acids is 1. The third-order valence-electron chi connectivity index (χ3n) is 2.83. The van der Waals surface area contributed by atoms with Gasteiger partial charge >= 0.3 is 0 Å². The molecule has 0 radical (unpaired) electrons. The highest BCUT2D eigenvalue weighted by Gasteiger charge is 2.13. The standard InChI is InChI=1S/C14H13BrClN3O/c1-8-2-3-9(15)6-13(8)18-14(20)11-7-10(16)4-5-12(11)19-17/h2-7,19H,17H2,1H3,(H,18,20). The zero-order valence-electron chi connectivity index (χ0n) is 10.7. The van der Waals surface area contributed by atoms with Gasteiger partial charge in [0.05, 0.1) is 11.3 Å². The molecule has 0 aliphatic heterocycles. The molecule has 2 rings (SSSR count). The minimum atomic E-state index is -0.276. The molecular weight excluding hydrogens is 342 g/mol. The zero-order chi connectivity index (χ0) is 14.7. The number of aryl methyl sites for hydroxylation is 1. The topological polar surface area (TPSA) is 67.2 Å². The SMILES string of the molecule is Cc1ccc(Br)cc1NC(=O)c1cc(Cl)ccc1NN. The Kier molecular flexibility index (Phi) is 4.65. The van der Waals surface area contributed by atoms with Gasteiger partial charge < -0.3 is 10.7 Å². The summed E-state index contributed by atoms with van der Waals surface area (Å²) >= 11 is 9.30. The predicted molar refractivity (Wildman–Crippen MR) is 86.1 cm³/mol. The average molecular weight is 355 g/mol. The highest BCUT2D eigenvalue weighted by Crippen LogP contribution is 2.24. The van der Waals surface area contributed by atoms with Crippen molar-refractivity contribution in [3.63, 3.8) is 0 Å². The second-order valence-electron chi connectivity index (χ2n) is 4.25. The summed E-state index contributed by atoms with van der Waals surface area (Å²) in [7, 11) is 0. The van der Waals surface area contributed by atoms with Gasteiger partial charge in [0.2, 0.25) is 0 Å². The fraction of sp³-hybridized carbons (Fsp3) is 0.0714. The van der Waals surface area contributed by atoms with Gasteiger partial charge in [-0.3, -0.25) is 10.6 Å². The number of anilines is 2. The van der Waals surface area contributed by atoms with Crippen molar-refractivity contribution >= 4 is 44.8 Å². The molecule has 6 heteroatoms. The molecule has 0 aliphatic rings. The number of benzene rings is 2. The molecule has 20 heavy (non-hydrogen) atoms. The quantitative estimate of drug-likeness (QED) is 0.577. The van der Waals surface area contributed by atoms with Gasteiger partial charge in [0, 0.05) is 15.2 Å². The number of hydrogen-bond donors (Lipinski definition) is 3. The normalized spacial score (nSPS) is 10.2. The number of nitrogens with two attached hydrogens (primary N) is 1. The maximum absolute atomic E-state index is 12.3. The summed E-state index contributed by atoms with van der Waals surface area (Å²) in [5.41, 5.74) is 5.08. The molecule has 4 N–H and O–H groups in total. The minimum Gasteiger partial charge on any atom is -0.323 e. The maximum Gasteiger partial charge on any atom is 0.257 e. The van der Waals surface area contributed by atoms with Crippen molar-refractivity contribution in [3.05, 3.63) is 57.0 Å². The van der Waals surface area contributed by atoms with Crippen molar-refractivity contribution in [2.45, 2.75) is 6.92 Å². The molecule has 0 heterocycles. The Hall–Kier alpha value is -1.56. The number of carbonyl (C=O) groups is 1. The van der Waals surface area contributed by atoms with Crippen LogP contribution in [0.5, 0.6) is 0 Å². The number of nitrogens with one attached hydrogen (secondary N) is 2. The van der Waals surface area contributed by atoms with Gasteiger partial charge in [-0.2, -0.15) is 0 Å². The van der Waals surface area contributed by atoms with E-state index >= 15 is 0 Å². The molecule has 2 aromatic rings. The lowest BCUT2D eigenvalue weighted by Crippen LogP contribution is -2.17. The van der Waals surface area contributed by atoms with E-state index in [9.17, 15) is 4.79 Å². The van der Waals surface area contributed by atoms with Crippen molar-refractivity contribution in [1.82, 2.24) is 0 Å². The third kappa shape index (κ3) is 3.30. The molecule has 0 fully saturated rings. The molecule has 4 nitrogen and oxygen atoms in total. The van der Waals surface area contributed by atoms with Crippen molar-refractivity contribution in [3.8, 4) is 0 Å². The van der Waals surface area contributed by atoms with E-state index in [1.165, 1.54) is 0 Å².